The molecule has 1 aliphatic heterocycles. The number of anilines is 1. The molecule has 0 unspecified atom stereocenters. The Labute approximate surface area is 235 Å². The number of piperazine rings is 1. The van der Waals surface area contributed by atoms with Crippen molar-refractivity contribution >= 4 is 11.7 Å². The Bertz CT molecular complexity index is 1080. The zero-order valence-electron chi connectivity index (χ0n) is 24.7. The van der Waals surface area contributed by atoms with Gasteiger partial charge < -0.3 is 14.9 Å². The summed E-state index contributed by atoms with van der Waals surface area (Å²) in [6.45, 7) is 12.2. The Morgan fingerprint density at radius 3 is 2.77 bits per heavy atom. The SMILES string of the molecule is C[C@H](CCC(=O)N1CCN(c2ccncn2)[C@@H](C)C1)[C@H]1CC[C@H]2[C@@H]3CC=C4C[C@@H](O)CC[C@]4(C)[C@H]3CC[C@]12C. The van der Waals surface area contributed by atoms with E-state index in [1.807, 2.05) is 6.07 Å². The van der Waals surface area contributed by atoms with Crippen molar-refractivity contribution in [2.75, 3.05) is 24.5 Å². The number of fused-ring (bicyclic) bond motifs is 5. The number of carbonyl (C=O) groups is 1. The zero-order valence-corrected chi connectivity index (χ0v) is 24.7. The Balaban J connectivity index is 1.05. The van der Waals surface area contributed by atoms with E-state index in [1.54, 1.807) is 18.1 Å². The van der Waals surface area contributed by atoms with Crippen molar-refractivity contribution in [3.63, 3.8) is 0 Å². The van der Waals surface area contributed by atoms with E-state index in [0.717, 1.165) is 68.4 Å². The fraction of sp³-hybridized carbons (Fsp3) is 0.788. The summed E-state index contributed by atoms with van der Waals surface area (Å²) < 4.78 is 0. The molecule has 214 valence electrons. The van der Waals surface area contributed by atoms with Crippen LogP contribution in [0.5, 0.6) is 0 Å². The van der Waals surface area contributed by atoms with Gasteiger partial charge in [0.15, 0.2) is 0 Å². The van der Waals surface area contributed by atoms with Crippen molar-refractivity contribution in [3.05, 3.63) is 30.2 Å². The summed E-state index contributed by atoms with van der Waals surface area (Å²) in [7, 11) is 0. The van der Waals surface area contributed by atoms with E-state index in [1.165, 1.54) is 38.5 Å². The summed E-state index contributed by atoms with van der Waals surface area (Å²) in [5.74, 6) is 5.03. The van der Waals surface area contributed by atoms with Crippen LogP contribution >= 0.6 is 0 Å². The van der Waals surface area contributed by atoms with Crippen LogP contribution < -0.4 is 4.90 Å². The van der Waals surface area contributed by atoms with Gasteiger partial charge in [-0.25, -0.2) is 9.97 Å². The highest BCUT2D eigenvalue weighted by atomic mass is 16.3. The number of carbonyl (C=O) groups excluding carboxylic acids is 1. The number of allylic oxidation sites excluding steroid dienone is 1. The van der Waals surface area contributed by atoms with E-state index in [0.29, 0.717) is 29.1 Å². The largest absolute Gasteiger partial charge is 0.393 e. The molecule has 6 heteroatoms. The van der Waals surface area contributed by atoms with Crippen molar-refractivity contribution in [1.29, 1.82) is 0 Å². The smallest absolute Gasteiger partial charge is 0.222 e. The van der Waals surface area contributed by atoms with Gasteiger partial charge in [0.2, 0.25) is 5.91 Å². The Hall–Kier alpha value is -1.95. The maximum Gasteiger partial charge on any atom is 0.222 e. The zero-order chi connectivity index (χ0) is 27.4. The fourth-order valence-electron chi connectivity index (χ4n) is 10.3. The van der Waals surface area contributed by atoms with Crippen LogP contribution in [0.15, 0.2) is 30.2 Å². The summed E-state index contributed by atoms with van der Waals surface area (Å²) in [4.78, 5) is 26.1. The van der Waals surface area contributed by atoms with E-state index in [4.69, 9.17) is 0 Å². The summed E-state index contributed by atoms with van der Waals surface area (Å²) >= 11 is 0. The number of hydrogen-bond acceptors (Lipinski definition) is 5. The van der Waals surface area contributed by atoms with E-state index in [9.17, 15) is 9.90 Å². The molecule has 3 saturated carbocycles. The molecule has 1 N–H and O–H groups in total. The second-order valence-corrected chi connectivity index (χ2v) is 14.4. The minimum absolute atomic E-state index is 0.125. The lowest BCUT2D eigenvalue weighted by Crippen LogP contribution is -2.54. The fourth-order valence-corrected chi connectivity index (χ4v) is 10.3. The molecule has 0 spiro atoms. The third-order valence-corrected chi connectivity index (χ3v) is 12.5. The quantitative estimate of drug-likeness (QED) is 0.479. The average Bonchev–Trinajstić information content (AvgIpc) is 3.29. The highest BCUT2D eigenvalue weighted by Crippen LogP contribution is 2.67. The first-order chi connectivity index (χ1) is 18.7. The molecular formula is C33H50N4O2. The predicted molar refractivity (Wildman–Crippen MR) is 155 cm³/mol. The lowest BCUT2D eigenvalue weighted by Gasteiger charge is -2.58. The van der Waals surface area contributed by atoms with Crippen LogP contribution in [0.2, 0.25) is 0 Å². The topological polar surface area (TPSA) is 69.6 Å². The van der Waals surface area contributed by atoms with Gasteiger partial charge in [-0.2, -0.15) is 0 Å². The van der Waals surface area contributed by atoms with Gasteiger partial charge in [-0.3, -0.25) is 4.79 Å². The lowest BCUT2D eigenvalue weighted by atomic mass is 9.47. The molecule has 5 aliphatic rings. The number of aliphatic hydroxyl groups excluding tert-OH is 1. The average molecular weight is 535 g/mol. The number of aliphatic hydroxyl groups is 1. The van der Waals surface area contributed by atoms with E-state index >= 15 is 0 Å². The standard InChI is InChI=1S/C33H50N4O2/c1-22(5-10-31(39)36-17-18-37(23(2)20-36)30-13-16-34-21-35-30)27-8-9-28-26-7-6-24-19-25(38)11-14-32(24,3)29(26)12-15-33(27,28)4/h6,13,16,21-23,25-29,38H,5,7-12,14-15,17-20H2,1-4H3/t22-,23+,25+,26+,27-,28+,29+,32+,33-/m1/s1. The molecule has 0 aromatic carbocycles. The highest BCUT2D eigenvalue weighted by Gasteiger charge is 2.59. The molecule has 9 atom stereocenters. The van der Waals surface area contributed by atoms with Crippen LogP contribution in [0.1, 0.15) is 91.9 Å². The Morgan fingerprint density at radius 1 is 1.15 bits per heavy atom. The second-order valence-electron chi connectivity index (χ2n) is 14.4. The number of nitrogens with zero attached hydrogens (tertiary/aromatic N) is 4. The number of aromatic nitrogens is 2. The lowest BCUT2D eigenvalue weighted by molar-refractivity contribution is -0.132. The van der Waals surface area contributed by atoms with Gasteiger partial charge in [-0.1, -0.05) is 32.4 Å². The number of hydrogen-bond donors (Lipinski definition) is 1. The summed E-state index contributed by atoms with van der Waals surface area (Å²) in [6.07, 6.45) is 17.2. The maximum absolute atomic E-state index is 13.3. The predicted octanol–water partition coefficient (Wildman–Crippen LogP) is 5.87. The van der Waals surface area contributed by atoms with Crippen molar-refractivity contribution in [2.24, 2.45) is 40.4 Å². The molecule has 1 amide bonds. The molecule has 39 heavy (non-hydrogen) atoms. The molecule has 1 saturated heterocycles. The van der Waals surface area contributed by atoms with Crippen LogP contribution in [-0.2, 0) is 4.79 Å². The molecule has 4 fully saturated rings. The number of amides is 1. The van der Waals surface area contributed by atoms with Gasteiger partial charge in [0, 0.05) is 38.3 Å². The molecule has 4 aliphatic carbocycles. The molecule has 6 rings (SSSR count). The van der Waals surface area contributed by atoms with Crippen molar-refractivity contribution in [1.82, 2.24) is 14.9 Å². The van der Waals surface area contributed by atoms with Crippen LogP contribution in [0.25, 0.3) is 0 Å². The van der Waals surface area contributed by atoms with E-state index < -0.39 is 0 Å². The van der Waals surface area contributed by atoms with Crippen molar-refractivity contribution < 1.29 is 9.90 Å². The van der Waals surface area contributed by atoms with Gasteiger partial charge in [0.05, 0.1) is 6.10 Å². The van der Waals surface area contributed by atoms with Crippen molar-refractivity contribution in [3.8, 4) is 0 Å². The first-order valence-corrected chi connectivity index (χ1v) is 15.9. The molecule has 1 aromatic rings. The van der Waals surface area contributed by atoms with Crippen LogP contribution in [0, 0.1) is 40.4 Å². The van der Waals surface area contributed by atoms with Gasteiger partial charge in [-0.05, 0) is 111 Å². The van der Waals surface area contributed by atoms with Crippen LogP contribution in [0.3, 0.4) is 0 Å². The van der Waals surface area contributed by atoms with E-state index in [-0.39, 0.29) is 12.1 Å². The minimum Gasteiger partial charge on any atom is -0.393 e. The molecule has 1 aromatic heterocycles. The highest BCUT2D eigenvalue weighted by molar-refractivity contribution is 5.76. The molecule has 6 nitrogen and oxygen atoms in total. The Morgan fingerprint density at radius 2 is 2.00 bits per heavy atom. The van der Waals surface area contributed by atoms with Crippen molar-refractivity contribution in [2.45, 2.75) is 104 Å². The monoisotopic (exact) mass is 534 g/mol. The third kappa shape index (κ3) is 4.73. The van der Waals surface area contributed by atoms with Gasteiger partial charge in [0.1, 0.15) is 12.1 Å². The van der Waals surface area contributed by atoms with Crippen LogP contribution in [-0.4, -0.2) is 57.7 Å². The van der Waals surface area contributed by atoms with Gasteiger partial charge >= 0.3 is 0 Å². The second kappa shape index (κ2) is 10.5. The minimum atomic E-state index is -0.125. The molecular weight excluding hydrogens is 484 g/mol. The summed E-state index contributed by atoms with van der Waals surface area (Å²) in [5.41, 5.74) is 2.30. The molecule has 2 heterocycles. The number of rotatable bonds is 5. The van der Waals surface area contributed by atoms with Gasteiger partial charge in [-0.15, -0.1) is 0 Å². The maximum atomic E-state index is 13.3. The third-order valence-electron chi connectivity index (χ3n) is 12.5. The van der Waals surface area contributed by atoms with Gasteiger partial charge in [0.25, 0.3) is 0 Å². The summed E-state index contributed by atoms with van der Waals surface area (Å²) in [6, 6.07) is 2.22. The molecule has 0 bridgehead atoms. The van der Waals surface area contributed by atoms with E-state index in [2.05, 4.69) is 53.5 Å². The Kier molecular flexibility index (Phi) is 7.31. The summed E-state index contributed by atoms with van der Waals surface area (Å²) in [5, 5.41) is 10.3. The normalized spacial score (nSPS) is 40.8. The first kappa shape index (κ1) is 27.2. The first-order valence-electron chi connectivity index (χ1n) is 15.9. The molecule has 0 radical (unpaired) electrons. The van der Waals surface area contributed by atoms with Crippen LogP contribution in [0.4, 0.5) is 5.82 Å².